The van der Waals surface area contributed by atoms with Gasteiger partial charge in [-0.1, -0.05) is 13.8 Å². The maximum atomic E-state index is 12.9. The minimum Gasteiger partial charge on any atom is -0.309 e. The quantitative estimate of drug-likeness (QED) is 0.597. The Hall–Kier alpha value is -2.94. The van der Waals surface area contributed by atoms with Crippen LogP contribution in [-0.2, 0) is 18.4 Å². The van der Waals surface area contributed by atoms with E-state index < -0.39 is 0 Å². The molecule has 0 saturated carbocycles. The van der Waals surface area contributed by atoms with E-state index in [1.807, 2.05) is 35.8 Å². The maximum absolute atomic E-state index is 12.9. The van der Waals surface area contributed by atoms with Gasteiger partial charge in [0, 0.05) is 24.4 Å². The van der Waals surface area contributed by atoms with E-state index in [2.05, 4.69) is 15.5 Å². The minimum atomic E-state index is -0.323. The van der Waals surface area contributed by atoms with Crippen molar-refractivity contribution >= 4 is 38.8 Å². The first-order valence-electron chi connectivity index (χ1n) is 8.23. The van der Waals surface area contributed by atoms with Gasteiger partial charge in [0.05, 0.1) is 6.20 Å². The fourth-order valence-electron chi connectivity index (χ4n) is 2.95. The normalized spacial score (nSPS) is 11.7. The van der Waals surface area contributed by atoms with Crippen LogP contribution in [0.25, 0.3) is 15.7 Å². The number of aryl methyl sites for hydroxylation is 1. The van der Waals surface area contributed by atoms with Crippen LogP contribution in [0.2, 0.25) is 0 Å². The molecule has 4 heterocycles. The third-order valence-corrected chi connectivity index (χ3v) is 5.13. The topological polar surface area (TPSA) is 86.2 Å². The van der Waals surface area contributed by atoms with Crippen LogP contribution in [0.15, 0.2) is 34.6 Å². The van der Waals surface area contributed by atoms with Crippen molar-refractivity contribution in [3.8, 4) is 0 Å². The summed E-state index contributed by atoms with van der Waals surface area (Å²) in [5.74, 6) is 1.10. The molecule has 0 unspecified atom stereocenters. The average molecular weight is 370 g/mol. The van der Waals surface area contributed by atoms with Crippen LogP contribution < -0.4 is 10.9 Å². The smallest absolute Gasteiger partial charge is 0.291 e. The van der Waals surface area contributed by atoms with E-state index in [9.17, 15) is 9.59 Å². The second-order valence-corrected chi connectivity index (χ2v) is 7.30. The molecule has 4 aromatic heterocycles. The van der Waals surface area contributed by atoms with Gasteiger partial charge in [-0.3, -0.25) is 18.7 Å². The van der Waals surface area contributed by atoms with Crippen LogP contribution in [0.3, 0.4) is 0 Å². The van der Waals surface area contributed by atoms with Gasteiger partial charge in [-0.05, 0) is 17.5 Å². The first-order valence-corrected chi connectivity index (χ1v) is 9.11. The van der Waals surface area contributed by atoms with Gasteiger partial charge < -0.3 is 5.32 Å². The highest BCUT2D eigenvalue weighted by molar-refractivity contribution is 7.16. The fraction of sp³-hybridized carbons (Fsp3) is 0.294. The molecule has 8 nitrogen and oxygen atoms in total. The van der Waals surface area contributed by atoms with Crippen LogP contribution in [0.4, 0.5) is 5.82 Å². The maximum Gasteiger partial charge on any atom is 0.291 e. The van der Waals surface area contributed by atoms with Gasteiger partial charge in [-0.15, -0.1) is 11.3 Å². The lowest BCUT2D eigenvalue weighted by Crippen LogP contribution is -2.32. The van der Waals surface area contributed by atoms with Gasteiger partial charge in [0.2, 0.25) is 5.91 Å². The number of carbonyl (C=O) groups excluding carboxylic acids is 1. The van der Waals surface area contributed by atoms with Gasteiger partial charge >= 0.3 is 0 Å². The van der Waals surface area contributed by atoms with Crippen molar-refractivity contribution in [2.24, 2.45) is 7.05 Å². The standard InChI is InChI=1S/C17H18N6O2S/c1-10(2)15-20-22(9-14(24)19-13-4-6-18-21(13)3)16(25)12-8-11-5-7-26-17(11)23(12)15/h4-8,10H,9H2,1-3H3,(H,19,24). The molecule has 0 radical (unpaired) electrons. The Morgan fingerprint density at radius 3 is 2.85 bits per heavy atom. The zero-order valence-electron chi connectivity index (χ0n) is 14.6. The molecule has 26 heavy (non-hydrogen) atoms. The number of thiophene rings is 1. The summed E-state index contributed by atoms with van der Waals surface area (Å²) in [6.07, 6.45) is 1.59. The van der Waals surface area contributed by atoms with Crippen molar-refractivity contribution in [2.45, 2.75) is 26.3 Å². The number of hydrogen-bond donors (Lipinski definition) is 1. The Bertz CT molecular complexity index is 1180. The van der Waals surface area contributed by atoms with E-state index in [1.54, 1.807) is 35.3 Å². The van der Waals surface area contributed by atoms with Crippen LogP contribution >= 0.6 is 11.3 Å². The van der Waals surface area contributed by atoms with Crippen molar-refractivity contribution in [1.29, 1.82) is 0 Å². The molecule has 0 saturated heterocycles. The van der Waals surface area contributed by atoms with Gasteiger partial charge in [-0.25, -0.2) is 4.68 Å². The SMILES string of the molecule is CC(C)c1nn(CC(=O)Nc2ccnn2C)c(=O)c2cc3ccsc3n12. The largest absolute Gasteiger partial charge is 0.309 e. The lowest BCUT2D eigenvalue weighted by Gasteiger charge is -2.13. The molecule has 1 N–H and O–H groups in total. The molecule has 134 valence electrons. The number of anilines is 1. The van der Waals surface area contributed by atoms with Crippen molar-refractivity contribution in [1.82, 2.24) is 24.0 Å². The molecule has 0 aliphatic heterocycles. The Morgan fingerprint density at radius 2 is 2.15 bits per heavy atom. The number of nitrogens with one attached hydrogen (secondary N) is 1. The Kier molecular flexibility index (Phi) is 3.87. The van der Waals surface area contributed by atoms with Crippen molar-refractivity contribution in [3.63, 3.8) is 0 Å². The highest BCUT2D eigenvalue weighted by Gasteiger charge is 2.18. The van der Waals surface area contributed by atoms with Gasteiger partial charge in [-0.2, -0.15) is 10.2 Å². The third kappa shape index (κ3) is 2.60. The summed E-state index contributed by atoms with van der Waals surface area (Å²) in [5.41, 5.74) is 0.261. The Balaban J connectivity index is 1.78. The molecule has 0 aliphatic rings. The third-order valence-electron chi connectivity index (χ3n) is 4.21. The molecular weight excluding hydrogens is 352 g/mol. The highest BCUT2D eigenvalue weighted by atomic mass is 32.1. The zero-order chi connectivity index (χ0) is 18.4. The summed E-state index contributed by atoms with van der Waals surface area (Å²) < 4.78 is 4.69. The molecule has 0 aliphatic carbocycles. The number of hydrogen-bond acceptors (Lipinski definition) is 5. The molecule has 0 fully saturated rings. The monoisotopic (exact) mass is 370 g/mol. The molecule has 1 amide bonds. The van der Waals surface area contributed by atoms with E-state index in [0.717, 1.165) is 16.0 Å². The van der Waals surface area contributed by atoms with Crippen LogP contribution in [0, 0.1) is 0 Å². The van der Waals surface area contributed by atoms with Crippen molar-refractivity contribution in [2.75, 3.05) is 5.32 Å². The number of rotatable bonds is 4. The first kappa shape index (κ1) is 16.5. The number of fused-ring (bicyclic) bond motifs is 3. The van der Waals surface area contributed by atoms with Crippen molar-refractivity contribution < 1.29 is 4.79 Å². The summed E-state index contributed by atoms with van der Waals surface area (Å²) in [5, 5.41) is 14.2. The molecule has 0 spiro atoms. The summed E-state index contributed by atoms with van der Waals surface area (Å²) in [4.78, 5) is 26.2. The lowest BCUT2D eigenvalue weighted by molar-refractivity contribution is -0.117. The van der Waals surface area contributed by atoms with E-state index >= 15 is 0 Å². The lowest BCUT2D eigenvalue weighted by atomic mass is 10.2. The first-order chi connectivity index (χ1) is 12.5. The predicted octanol–water partition coefficient (Wildman–Crippen LogP) is 2.21. The summed E-state index contributed by atoms with van der Waals surface area (Å²) in [6.45, 7) is 3.89. The van der Waals surface area contributed by atoms with Crippen molar-refractivity contribution in [3.05, 3.63) is 46.0 Å². The summed E-state index contributed by atoms with van der Waals surface area (Å²) in [7, 11) is 1.73. The van der Waals surface area contributed by atoms with Crippen LogP contribution in [0.5, 0.6) is 0 Å². The van der Waals surface area contributed by atoms with Gasteiger partial charge in [0.15, 0.2) is 0 Å². The number of aromatic nitrogens is 5. The van der Waals surface area contributed by atoms with E-state index in [-0.39, 0.29) is 23.9 Å². The predicted molar refractivity (Wildman–Crippen MR) is 101 cm³/mol. The Labute approximate surface area is 152 Å². The number of carbonyl (C=O) groups is 1. The Morgan fingerprint density at radius 1 is 1.35 bits per heavy atom. The number of amides is 1. The molecule has 4 rings (SSSR count). The van der Waals surface area contributed by atoms with Crippen LogP contribution in [0.1, 0.15) is 25.6 Å². The second-order valence-electron chi connectivity index (χ2n) is 6.41. The minimum absolute atomic E-state index is 0.0992. The van der Waals surface area contributed by atoms with Gasteiger partial charge in [0.1, 0.15) is 28.5 Å². The fourth-order valence-corrected chi connectivity index (χ4v) is 3.85. The molecule has 0 aromatic carbocycles. The molecule has 0 bridgehead atoms. The van der Waals surface area contributed by atoms with E-state index in [4.69, 9.17) is 0 Å². The average Bonchev–Trinajstić information content (AvgIpc) is 3.27. The number of nitrogens with zero attached hydrogens (tertiary/aromatic N) is 5. The molecular formula is C17H18N6O2S. The van der Waals surface area contributed by atoms with E-state index in [1.165, 1.54) is 4.68 Å². The molecule has 9 heteroatoms. The van der Waals surface area contributed by atoms with Crippen LogP contribution in [-0.4, -0.2) is 29.9 Å². The second kappa shape index (κ2) is 6.10. The summed E-state index contributed by atoms with van der Waals surface area (Å²) in [6, 6.07) is 5.53. The molecule has 4 aromatic rings. The zero-order valence-corrected chi connectivity index (χ0v) is 15.4. The summed E-state index contributed by atoms with van der Waals surface area (Å²) >= 11 is 1.57. The van der Waals surface area contributed by atoms with E-state index in [0.29, 0.717) is 11.3 Å². The highest BCUT2D eigenvalue weighted by Crippen LogP contribution is 2.26. The molecule has 0 atom stereocenters. The van der Waals surface area contributed by atoms with Gasteiger partial charge in [0.25, 0.3) is 5.56 Å².